The molecule has 2 aromatic carbocycles. The molecule has 0 spiro atoms. The zero-order chi connectivity index (χ0) is 12.4. The van der Waals surface area contributed by atoms with Gasteiger partial charge in [-0.3, -0.25) is 0 Å². The molecular weight excluding hydrogens is 222 g/mol. The summed E-state index contributed by atoms with van der Waals surface area (Å²) < 4.78 is 6.03. The van der Waals surface area contributed by atoms with Gasteiger partial charge in [-0.2, -0.15) is 0 Å². The molecule has 0 aliphatic carbocycles. The average Bonchev–Trinajstić information content (AvgIpc) is 2.83. The van der Waals surface area contributed by atoms with Gasteiger partial charge < -0.3 is 9.64 Å². The lowest BCUT2D eigenvalue weighted by atomic mass is 10.2. The Morgan fingerprint density at radius 2 is 1.50 bits per heavy atom. The summed E-state index contributed by atoms with van der Waals surface area (Å²) in [5, 5.41) is 0. The Kier molecular flexibility index (Phi) is 2.77. The van der Waals surface area contributed by atoms with Gasteiger partial charge in [0.1, 0.15) is 5.76 Å². The van der Waals surface area contributed by atoms with E-state index in [1.54, 1.807) is 0 Å². The van der Waals surface area contributed by atoms with Crippen molar-refractivity contribution in [1.82, 2.24) is 4.90 Å². The van der Waals surface area contributed by atoms with Gasteiger partial charge in [0.05, 0.1) is 0 Å². The number of rotatable bonds is 2. The second-order valence-electron chi connectivity index (χ2n) is 4.41. The van der Waals surface area contributed by atoms with Crippen molar-refractivity contribution in [3.8, 4) is 0 Å². The Morgan fingerprint density at radius 1 is 0.889 bits per heavy atom. The molecule has 18 heavy (non-hydrogen) atoms. The lowest BCUT2D eigenvalue weighted by Crippen LogP contribution is -2.15. The minimum atomic E-state index is -0.0265. The summed E-state index contributed by atoms with van der Waals surface area (Å²) in [4.78, 5) is 2.09. The first-order valence-electron chi connectivity index (χ1n) is 6.05. The van der Waals surface area contributed by atoms with Crippen molar-refractivity contribution in [2.24, 2.45) is 0 Å². The van der Waals surface area contributed by atoms with Crippen molar-refractivity contribution in [1.29, 1.82) is 0 Å². The van der Waals surface area contributed by atoms with Crippen LogP contribution in [0.25, 0.3) is 5.76 Å². The summed E-state index contributed by atoms with van der Waals surface area (Å²) in [5.41, 5.74) is 2.28. The fraction of sp³-hybridized carbons (Fsp3) is 0.125. The van der Waals surface area contributed by atoms with E-state index in [0.717, 1.165) is 11.3 Å². The summed E-state index contributed by atoms with van der Waals surface area (Å²) in [5.74, 6) is 0.923. The number of hydrogen-bond acceptors (Lipinski definition) is 2. The smallest absolute Gasteiger partial charge is 0.198 e. The Balaban J connectivity index is 1.85. The minimum absolute atomic E-state index is 0.0265. The highest BCUT2D eigenvalue weighted by Crippen LogP contribution is 2.34. The van der Waals surface area contributed by atoms with Crippen molar-refractivity contribution in [3.63, 3.8) is 0 Å². The second kappa shape index (κ2) is 4.57. The number of hydrogen-bond donors (Lipinski definition) is 0. The predicted molar refractivity (Wildman–Crippen MR) is 72.5 cm³/mol. The molecule has 0 amide bonds. The molecule has 0 saturated carbocycles. The first-order valence-corrected chi connectivity index (χ1v) is 6.05. The maximum absolute atomic E-state index is 6.03. The molecule has 90 valence electrons. The van der Waals surface area contributed by atoms with Gasteiger partial charge in [-0.05, 0) is 0 Å². The van der Waals surface area contributed by atoms with E-state index in [0.29, 0.717) is 0 Å². The van der Waals surface area contributed by atoms with Gasteiger partial charge in [-0.25, -0.2) is 0 Å². The lowest BCUT2D eigenvalue weighted by molar-refractivity contribution is 0.0856. The molecular formula is C16H15NO. The molecule has 1 unspecified atom stereocenters. The Morgan fingerprint density at radius 3 is 2.17 bits per heavy atom. The summed E-state index contributed by atoms with van der Waals surface area (Å²) in [6.07, 6.45) is 2.02. The van der Waals surface area contributed by atoms with Crippen LogP contribution in [0.15, 0.2) is 66.9 Å². The molecule has 0 aromatic heterocycles. The van der Waals surface area contributed by atoms with Crippen LogP contribution in [0.2, 0.25) is 0 Å². The third kappa shape index (κ3) is 1.97. The molecule has 2 heteroatoms. The third-order valence-electron chi connectivity index (χ3n) is 3.07. The van der Waals surface area contributed by atoms with Crippen molar-refractivity contribution in [2.45, 2.75) is 6.23 Å². The van der Waals surface area contributed by atoms with E-state index in [2.05, 4.69) is 29.2 Å². The van der Waals surface area contributed by atoms with Crippen LogP contribution in [0.4, 0.5) is 0 Å². The maximum Gasteiger partial charge on any atom is 0.198 e. The van der Waals surface area contributed by atoms with Crippen molar-refractivity contribution in [2.75, 3.05) is 7.05 Å². The lowest BCUT2D eigenvalue weighted by Gasteiger charge is -2.20. The van der Waals surface area contributed by atoms with Gasteiger partial charge >= 0.3 is 0 Å². The average molecular weight is 237 g/mol. The van der Waals surface area contributed by atoms with Crippen LogP contribution in [0.1, 0.15) is 17.4 Å². The molecule has 1 heterocycles. The molecule has 0 saturated heterocycles. The molecule has 0 fully saturated rings. The normalized spacial score (nSPS) is 18.4. The minimum Gasteiger partial charge on any atom is -0.464 e. The summed E-state index contributed by atoms with van der Waals surface area (Å²) >= 11 is 0. The molecule has 3 rings (SSSR count). The number of nitrogens with zero attached hydrogens (tertiary/aromatic N) is 1. The number of ether oxygens (including phenoxy) is 1. The summed E-state index contributed by atoms with van der Waals surface area (Å²) in [7, 11) is 2.04. The SMILES string of the molecule is CN1C=C(c2ccccc2)OC1c1ccccc1. The van der Waals surface area contributed by atoms with Crippen LogP contribution in [0, 0.1) is 0 Å². The van der Waals surface area contributed by atoms with Crippen molar-refractivity contribution >= 4 is 5.76 Å². The quantitative estimate of drug-likeness (QED) is 0.790. The van der Waals surface area contributed by atoms with Crippen LogP contribution in [-0.2, 0) is 4.74 Å². The standard InChI is InChI=1S/C16H15NO/c1-17-12-15(13-8-4-2-5-9-13)18-16(17)14-10-6-3-7-11-14/h2-12,16H,1H3. The molecule has 2 aromatic rings. The van der Waals surface area contributed by atoms with E-state index in [1.807, 2.05) is 49.6 Å². The Bertz CT molecular complexity index is 548. The predicted octanol–water partition coefficient (Wildman–Crippen LogP) is 3.65. The van der Waals surface area contributed by atoms with Crippen molar-refractivity contribution < 1.29 is 4.74 Å². The maximum atomic E-state index is 6.03. The molecule has 1 aliphatic heterocycles. The van der Waals surface area contributed by atoms with Gasteiger partial charge in [0.25, 0.3) is 0 Å². The molecule has 1 atom stereocenters. The summed E-state index contributed by atoms with van der Waals surface area (Å²) in [6.45, 7) is 0. The van der Waals surface area contributed by atoms with Gasteiger partial charge in [-0.1, -0.05) is 60.7 Å². The highest BCUT2D eigenvalue weighted by atomic mass is 16.5. The molecule has 0 N–H and O–H groups in total. The van der Waals surface area contributed by atoms with E-state index in [4.69, 9.17) is 4.74 Å². The van der Waals surface area contributed by atoms with E-state index >= 15 is 0 Å². The zero-order valence-corrected chi connectivity index (χ0v) is 10.3. The third-order valence-corrected chi connectivity index (χ3v) is 3.07. The Labute approximate surface area is 107 Å². The number of benzene rings is 2. The topological polar surface area (TPSA) is 12.5 Å². The van der Waals surface area contributed by atoms with Crippen LogP contribution in [0.3, 0.4) is 0 Å². The zero-order valence-electron chi connectivity index (χ0n) is 10.3. The monoisotopic (exact) mass is 237 g/mol. The van der Waals surface area contributed by atoms with Crippen LogP contribution >= 0.6 is 0 Å². The summed E-state index contributed by atoms with van der Waals surface area (Å²) in [6, 6.07) is 20.4. The van der Waals surface area contributed by atoms with Gasteiger partial charge in [0, 0.05) is 24.4 Å². The van der Waals surface area contributed by atoms with E-state index < -0.39 is 0 Å². The fourth-order valence-electron chi connectivity index (χ4n) is 2.15. The van der Waals surface area contributed by atoms with Crippen LogP contribution in [-0.4, -0.2) is 11.9 Å². The van der Waals surface area contributed by atoms with Crippen molar-refractivity contribution in [3.05, 3.63) is 78.0 Å². The van der Waals surface area contributed by atoms with E-state index in [-0.39, 0.29) is 6.23 Å². The largest absolute Gasteiger partial charge is 0.464 e. The van der Waals surface area contributed by atoms with Gasteiger partial charge in [0.2, 0.25) is 0 Å². The second-order valence-corrected chi connectivity index (χ2v) is 4.41. The molecule has 2 nitrogen and oxygen atoms in total. The van der Waals surface area contributed by atoms with Gasteiger partial charge in [-0.15, -0.1) is 0 Å². The van der Waals surface area contributed by atoms with Crippen LogP contribution < -0.4 is 0 Å². The first-order chi connectivity index (χ1) is 8.84. The van der Waals surface area contributed by atoms with Gasteiger partial charge in [0.15, 0.2) is 6.23 Å². The van der Waals surface area contributed by atoms with E-state index in [1.165, 1.54) is 5.56 Å². The highest BCUT2D eigenvalue weighted by molar-refractivity contribution is 5.61. The molecule has 0 bridgehead atoms. The fourth-order valence-corrected chi connectivity index (χ4v) is 2.15. The van der Waals surface area contributed by atoms with Crippen LogP contribution in [0.5, 0.6) is 0 Å². The Hall–Kier alpha value is -2.22. The highest BCUT2D eigenvalue weighted by Gasteiger charge is 2.24. The molecule has 1 aliphatic rings. The van der Waals surface area contributed by atoms with E-state index in [9.17, 15) is 0 Å². The first kappa shape index (κ1) is 10.9. The molecule has 0 radical (unpaired) electrons.